The molecule has 0 aromatic heterocycles. The summed E-state index contributed by atoms with van der Waals surface area (Å²) in [7, 11) is 0. The molecule has 0 aliphatic carbocycles. The van der Waals surface area contributed by atoms with Crippen molar-refractivity contribution in [2.45, 2.75) is 38.3 Å². The Morgan fingerprint density at radius 2 is 2.24 bits per heavy atom. The summed E-state index contributed by atoms with van der Waals surface area (Å²) >= 11 is 6.18. The Labute approximate surface area is 108 Å². The van der Waals surface area contributed by atoms with Crippen molar-refractivity contribution >= 4 is 11.6 Å². The summed E-state index contributed by atoms with van der Waals surface area (Å²) < 4.78 is 5.76. The van der Waals surface area contributed by atoms with E-state index in [4.69, 9.17) is 16.3 Å². The number of ether oxygens (including phenoxy) is 1. The highest BCUT2D eigenvalue weighted by Crippen LogP contribution is 2.26. The molecule has 0 radical (unpaired) electrons. The highest BCUT2D eigenvalue weighted by molar-refractivity contribution is 6.31. The van der Waals surface area contributed by atoms with E-state index in [0.717, 1.165) is 30.2 Å². The van der Waals surface area contributed by atoms with Crippen LogP contribution in [0.15, 0.2) is 24.3 Å². The van der Waals surface area contributed by atoms with E-state index in [-0.39, 0.29) is 11.6 Å². The Hall–Kier alpha value is -0.570. The molecule has 1 aliphatic heterocycles. The van der Waals surface area contributed by atoms with Crippen LogP contribution in [0.4, 0.5) is 0 Å². The standard InChI is InChI=1S/C14H20ClNO/c1-11(12-6-3-4-7-13(12)15)16-10-14(2)8-5-9-17-14/h3-4,6-7,11,16H,5,8-10H2,1-2H3. The number of hydrogen-bond acceptors (Lipinski definition) is 2. The van der Waals surface area contributed by atoms with Gasteiger partial charge in [-0.15, -0.1) is 0 Å². The van der Waals surface area contributed by atoms with Gasteiger partial charge in [0.05, 0.1) is 5.60 Å². The molecule has 1 saturated heterocycles. The zero-order valence-corrected chi connectivity index (χ0v) is 11.3. The first kappa shape index (κ1) is 12.9. The van der Waals surface area contributed by atoms with Gasteiger partial charge < -0.3 is 10.1 Å². The van der Waals surface area contributed by atoms with Crippen molar-refractivity contribution < 1.29 is 4.74 Å². The van der Waals surface area contributed by atoms with Gasteiger partial charge in [0.25, 0.3) is 0 Å². The number of rotatable bonds is 4. The van der Waals surface area contributed by atoms with Crippen molar-refractivity contribution in [2.75, 3.05) is 13.2 Å². The highest BCUT2D eigenvalue weighted by Gasteiger charge is 2.29. The van der Waals surface area contributed by atoms with E-state index in [1.165, 1.54) is 6.42 Å². The molecule has 0 saturated carbocycles. The van der Waals surface area contributed by atoms with Gasteiger partial charge in [-0.1, -0.05) is 29.8 Å². The van der Waals surface area contributed by atoms with Gasteiger partial charge in [0.15, 0.2) is 0 Å². The summed E-state index contributed by atoms with van der Waals surface area (Å²) in [6.45, 7) is 6.07. The van der Waals surface area contributed by atoms with E-state index >= 15 is 0 Å². The molecular weight excluding hydrogens is 234 g/mol. The van der Waals surface area contributed by atoms with Crippen molar-refractivity contribution in [3.63, 3.8) is 0 Å². The summed E-state index contributed by atoms with van der Waals surface area (Å²) in [4.78, 5) is 0. The first-order chi connectivity index (χ1) is 8.11. The predicted octanol–water partition coefficient (Wildman–Crippen LogP) is 3.56. The SMILES string of the molecule is CC(NCC1(C)CCCO1)c1ccccc1Cl. The molecule has 1 N–H and O–H groups in total. The van der Waals surface area contributed by atoms with Crippen molar-refractivity contribution in [3.8, 4) is 0 Å². The lowest BCUT2D eigenvalue weighted by Crippen LogP contribution is -2.38. The minimum Gasteiger partial charge on any atom is -0.374 e. The molecule has 1 heterocycles. The molecule has 0 amide bonds. The molecule has 1 aromatic rings. The quantitative estimate of drug-likeness (QED) is 0.886. The average Bonchev–Trinajstić information content (AvgIpc) is 2.74. The first-order valence-electron chi connectivity index (χ1n) is 6.22. The zero-order chi connectivity index (χ0) is 12.3. The van der Waals surface area contributed by atoms with E-state index < -0.39 is 0 Å². The Kier molecular flexibility index (Phi) is 4.08. The predicted molar refractivity (Wildman–Crippen MR) is 71.5 cm³/mol. The smallest absolute Gasteiger partial charge is 0.0779 e. The minimum atomic E-state index is -0.00445. The van der Waals surface area contributed by atoms with Crippen molar-refractivity contribution in [1.29, 1.82) is 0 Å². The normalized spacial score (nSPS) is 26.1. The summed E-state index contributed by atoms with van der Waals surface area (Å²) in [5, 5.41) is 4.34. The third kappa shape index (κ3) is 3.21. The van der Waals surface area contributed by atoms with Crippen LogP contribution in [0.25, 0.3) is 0 Å². The summed E-state index contributed by atoms with van der Waals surface area (Å²) in [6.07, 6.45) is 2.30. The topological polar surface area (TPSA) is 21.3 Å². The lowest BCUT2D eigenvalue weighted by molar-refractivity contribution is 0.0191. The Bertz CT molecular complexity index is 374. The van der Waals surface area contributed by atoms with Crippen LogP contribution in [0.2, 0.25) is 5.02 Å². The molecule has 3 heteroatoms. The van der Waals surface area contributed by atoms with Crippen LogP contribution in [-0.2, 0) is 4.74 Å². The highest BCUT2D eigenvalue weighted by atomic mass is 35.5. The first-order valence-corrected chi connectivity index (χ1v) is 6.60. The number of benzene rings is 1. The molecular formula is C14H20ClNO. The molecule has 1 fully saturated rings. The number of nitrogens with one attached hydrogen (secondary N) is 1. The van der Waals surface area contributed by atoms with Crippen molar-refractivity contribution in [3.05, 3.63) is 34.9 Å². The maximum atomic E-state index is 6.18. The van der Waals surface area contributed by atoms with Crippen LogP contribution in [0.1, 0.15) is 38.3 Å². The number of hydrogen-bond donors (Lipinski definition) is 1. The average molecular weight is 254 g/mol. The molecule has 1 aromatic carbocycles. The molecule has 0 spiro atoms. The Balaban J connectivity index is 1.93. The molecule has 2 atom stereocenters. The maximum absolute atomic E-state index is 6.18. The van der Waals surface area contributed by atoms with Gasteiger partial charge in [-0.25, -0.2) is 0 Å². The fourth-order valence-electron chi connectivity index (χ4n) is 2.28. The van der Waals surface area contributed by atoms with Gasteiger partial charge in [-0.2, -0.15) is 0 Å². The third-order valence-electron chi connectivity index (χ3n) is 3.45. The second-order valence-corrected chi connectivity index (χ2v) is 5.43. The van der Waals surface area contributed by atoms with E-state index in [2.05, 4.69) is 25.2 Å². The van der Waals surface area contributed by atoms with Crippen LogP contribution < -0.4 is 5.32 Å². The second kappa shape index (κ2) is 5.38. The maximum Gasteiger partial charge on any atom is 0.0779 e. The van der Waals surface area contributed by atoms with E-state index in [1.807, 2.05) is 18.2 Å². The monoisotopic (exact) mass is 253 g/mol. The summed E-state index contributed by atoms with van der Waals surface area (Å²) in [5.41, 5.74) is 1.14. The van der Waals surface area contributed by atoms with Crippen molar-refractivity contribution in [2.24, 2.45) is 0 Å². The molecule has 1 aliphatic rings. The van der Waals surface area contributed by atoms with Gasteiger partial charge in [0.1, 0.15) is 0 Å². The number of halogens is 1. The molecule has 94 valence electrons. The molecule has 2 nitrogen and oxygen atoms in total. The minimum absolute atomic E-state index is 0.00445. The fraction of sp³-hybridized carbons (Fsp3) is 0.571. The van der Waals surface area contributed by atoms with Crippen molar-refractivity contribution in [1.82, 2.24) is 5.32 Å². The van der Waals surface area contributed by atoms with E-state index in [9.17, 15) is 0 Å². The lowest BCUT2D eigenvalue weighted by Gasteiger charge is -2.26. The van der Waals surface area contributed by atoms with Crippen LogP contribution >= 0.6 is 11.6 Å². The molecule has 0 bridgehead atoms. The summed E-state index contributed by atoms with van der Waals surface area (Å²) in [5.74, 6) is 0. The molecule has 2 unspecified atom stereocenters. The van der Waals surface area contributed by atoms with E-state index in [1.54, 1.807) is 0 Å². The van der Waals surface area contributed by atoms with Gasteiger partial charge in [-0.05, 0) is 38.3 Å². The molecule has 17 heavy (non-hydrogen) atoms. The van der Waals surface area contributed by atoms with Gasteiger partial charge in [0.2, 0.25) is 0 Å². The van der Waals surface area contributed by atoms with Gasteiger partial charge in [-0.3, -0.25) is 0 Å². The van der Waals surface area contributed by atoms with Crippen LogP contribution in [0.5, 0.6) is 0 Å². The van der Waals surface area contributed by atoms with Crippen LogP contribution in [0.3, 0.4) is 0 Å². The zero-order valence-electron chi connectivity index (χ0n) is 10.5. The van der Waals surface area contributed by atoms with E-state index in [0.29, 0.717) is 0 Å². The van der Waals surface area contributed by atoms with Gasteiger partial charge >= 0.3 is 0 Å². The third-order valence-corrected chi connectivity index (χ3v) is 3.80. The van der Waals surface area contributed by atoms with Crippen LogP contribution in [-0.4, -0.2) is 18.8 Å². The molecule has 2 rings (SSSR count). The Morgan fingerprint density at radius 1 is 1.47 bits per heavy atom. The summed E-state index contributed by atoms with van der Waals surface area (Å²) in [6, 6.07) is 8.23. The Morgan fingerprint density at radius 3 is 2.88 bits per heavy atom. The second-order valence-electron chi connectivity index (χ2n) is 5.03. The van der Waals surface area contributed by atoms with Crippen LogP contribution in [0, 0.1) is 0 Å². The van der Waals surface area contributed by atoms with Gasteiger partial charge in [0, 0.05) is 24.2 Å². The largest absolute Gasteiger partial charge is 0.374 e. The lowest BCUT2D eigenvalue weighted by atomic mass is 10.0. The fourth-order valence-corrected chi connectivity index (χ4v) is 2.58.